The standard InChI is InChI=1S/C8H15NO/c1-2-10-8-6-9-4-3-7(8)5-9/h7-8H,2-6H2,1H3. The predicted octanol–water partition coefficient (Wildman–Crippen LogP) is 0.727. The molecule has 2 nitrogen and oxygen atoms in total. The fraction of sp³-hybridized carbons (Fsp3) is 1.00. The quantitative estimate of drug-likeness (QED) is 0.562. The summed E-state index contributed by atoms with van der Waals surface area (Å²) in [5.41, 5.74) is 0. The van der Waals surface area contributed by atoms with Crippen LogP contribution in [0.5, 0.6) is 0 Å². The normalized spacial score (nSPS) is 44.7. The lowest BCUT2D eigenvalue weighted by molar-refractivity contribution is 0.0297. The molecule has 0 saturated carbocycles. The molecule has 58 valence electrons. The van der Waals surface area contributed by atoms with E-state index in [9.17, 15) is 0 Å². The molecule has 2 saturated heterocycles. The molecule has 2 fully saturated rings. The highest BCUT2D eigenvalue weighted by Gasteiger charge is 2.38. The highest BCUT2D eigenvalue weighted by molar-refractivity contribution is 4.91. The minimum atomic E-state index is 0.568. The Kier molecular flexibility index (Phi) is 1.66. The maximum absolute atomic E-state index is 5.60. The van der Waals surface area contributed by atoms with Gasteiger partial charge >= 0.3 is 0 Å². The molecule has 2 bridgehead atoms. The summed E-state index contributed by atoms with van der Waals surface area (Å²) in [6.45, 7) is 6.77. The summed E-state index contributed by atoms with van der Waals surface area (Å²) in [6.07, 6.45) is 1.93. The third kappa shape index (κ3) is 0.956. The largest absolute Gasteiger partial charge is 0.377 e. The van der Waals surface area contributed by atoms with Gasteiger partial charge < -0.3 is 9.64 Å². The predicted molar refractivity (Wildman–Crippen MR) is 40.0 cm³/mol. The summed E-state index contributed by atoms with van der Waals surface area (Å²) in [4.78, 5) is 2.50. The maximum atomic E-state index is 5.60. The number of nitrogens with zero attached hydrogens (tertiary/aromatic N) is 1. The summed E-state index contributed by atoms with van der Waals surface area (Å²) in [5.74, 6) is 0.861. The van der Waals surface area contributed by atoms with Gasteiger partial charge in [-0.2, -0.15) is 0 Å². The van der Waals surface area contributed by atoms with E-state index in [0.717, 1.165) is 12.5 Å². The van der Waals surface area contributed by atoms with Crippen LogP contribution < -0.4 is 0 Å². The highest BCUT2D eigenvalue weighted by Crippen LogP contribution is 2.29. The van der Waals surface area contributed by atoms with Crippen LogP contribution in [0, 0.1) is 5.92 Å². The summed E-state index contributed by atoms with van der Waals surface area (Å²) in [6, 6.07) is 0. The van der Waals surface area contributed by atoms with E-state index in [1.165, 1.54) is 26.1 Å². The van der Waals surface area contributed by atoms with E-state index in [0.29, 0.717) is 6.10 Å². The van der Waals surface area contributed by atoms with Crippen LogP contribution in [0.3, 0.4) is 0 Å². The van der Waals surface area contributed by atoms with Crippen molar-refractivity contribution in [3.05, 3.63) is 0 Å². The van der Waals surface area contributed by atoms with Crippen LogP contribution in [-0.4, -0.2) is 37.2 Å². The zero-order valence-corrected chi connectivity index (χ0v) is 6.55. The summed E-state index contributed by atoms with van der Waals surface area (Å²) < 4.78 is 5.60. The minimum Gasteiger partial charge on any atom is -0.377 e. The van der Waals surface area contributed by atoms with Gasteiger partial charge in [-0.1, -0.05) is 0 Å². The van der Waals surface area contributed by atoms with Gasteiger partial charge in [0.2, 0.25) is 0 Å². The van der Waals surface area contributed by atoms with Gasteiger partial charge in [-0.25, -0.2) is 0 Å². The Morgan fingerprint density at radius 3 is 2.90 bits per heavy atom. The number of piperidine rings is 1. The molecule has 0 spiro atoms. The average Bonchev–Trinajstić information content (AvgIpc) is 2.48. The molecule has 2 heteroatoms. The van der Waals surface area contributed by atoms with Crippen LogP contribution in [0.4, 0.5) is 0 Å². The van der Waals surface area contributed by atoms with E-state index in [1.54, 1.807) is 0 Å². The summed E-state index contributed by atoms with van der Waals surface area (Å²) >= 11 is 0. The molecule has 0 aliphatic carbocycles. The van der Waals surface area contributed by atoms with Gasteiger partial charge in [-0.05, 0) is 19.9 Å². The average molecular weight is 141 g/mol. The Hall–Kier alpha value is -0.0800. The van der Waals surface area contributed by atoms with Crippen LogP contribution in [0.25, 0.3) is 0 Å². The van der Waals surface area contributed by atoms with Gasteiger partial charge in [0.05, 0.1) is 6.10 Å². The highest BCUT2D eigenvalue weighted by atomic mass is 16.5. The van der Waals surface area contributed by atoms with Crippen LogP contribution in [0.2, 0.25) is 0 Å². The van der Waals surface area contributed by atoms with Crippen molar-refractivity contribution in [2.45, 2.75) is 19.4 Å². The van der Waals surface area contributed by atoms with Gasteiger partial charge in [0.15, 0.2) is 0 Å². The van der Waals surface area contributed by atoms with Gasteiger partial charge in [0.25, 0.3) is 0 Å². The fourth-order valence-corrected chi connectivity index (χ4v) is 2.14. The molecule has 0 aromatic carbocycles. The number of ether oxygens (including phenoxy) is 1. The first-order valence-corrected chi connectivity index (χ1v) is 4.24. The Morgan fingerprint density at radius 2 is 2.40 bits per heavy atom. The van der Waals surface area contributed by atoms with Crippen molar-refractivity contribution in [2.75, 3.05) is 26.2 Å². The van der Waals surface area contributed by atoms with E-state index < -0.39 is 0 Å². The van der Waals surface area contributed by atoms with Gasteiger partial charge in [-0.15, -0.1) is 0 Å². The molecule has 3 atom stereocenters. The van der Waals surface area contributed by atoms with E-state index in [1.807, 2.05) is 0 Å². The Labute approximate surface area is 62.2 Å². The third-order valence-electron chi connectivity index (χ3n) is 2.65. The van der Waals surface area contributed by atoms with Gasteiger partial charge in [0.1, 0.15) is 0 Å². The third-order valence-corrected chi connectivity index (χ3v) is 2.65. The second-order valence-corrected chi connectivity index (χ2v) is 3.30. The van der Waals surface area contributed by atoms with Gasteiger partial charge in [-0.3, -0.25) is 0 Å². The summed E-state index contributed by atoms with van der Waals surface area (Å²) in [7, 11) is 0. The zero-order valence-electron chi connectivity index (χ0n) is 6.55. The van der Waals surface area contributed by atoms with Crippen molar-refractivity contribution in [1.82, 2.24) is 4.90 Å². The second kappa shape index (κ2) is 2.51. The molecule has 2 aliphatic rings. The molecule has 10 heavy (non-hydrogen) atoms. The Balaban J connectivity index is 1.90. The molecule has 2 aliphatic heterocycles. The van der Waals surface area contributed by atoms with Crippen molar-refractivity contribution < 1.29 is 4.74 Å². The van der Waals surface area contributed by atoms with Crippen molar-refractivity contribution in [1.29, 1.82) is 0 Å². The van der Waals surface area contributed by atoms with Crippen LogP contribution in [0.15, 0.2) is 0 Å². The molecular weight excluding hydrogens is 126 g/mol. The topological polar surface area (TPSA) is 12.5 Å². The molecule has 3 unspecified atom stereocenters. The second-order valence-electron chi connectivity index (χ2n) is 3.30. The van der Waals surface area contributed by atoms with Crippen molar-refractivity contribution >= 4 is 0 Å². The first-order valence-electron chi connectivity index (χ1n) is 4.24. The fourth-order valence-electron chi connectivity index (χ4n) is 2.14. The number of fused-ring (bicyclic) bond motifs is 2. The van der Waals surface area contributed by atoms with E-state index in [4.69, 9.17) is 4.74 Å². The van der Waals surface area contributed by atoms with Crippen molar-refractivity contribution in [2.24, 2.45) is 5.92 Å². The van der Waals surface area contributed by atoms with Crippen LogP contribution in [-0.2, 0) is 4.74 Å². The molecule has 0 aromatic heterocycles. The molecule has 2 heterocycles. The monoisotopic (exact) mass is 141 g/mol. The molecule has 0 radical (unpaired) electrons. The van der Waals surface area contributed by atoms with Crippen molar-refractivity contribution in [3.8, 4) is 0 Å². The SMILES string of the molecule is CCOC1CN2CCC1C2. The maximum Gasteiger partial charge on any atom is 0.0742 e. The number of hydrogen-bond donors (Lipinski definition) is 0. The van der Waals surface area contributed by atoms with Crippen molar-refractivity contribution in [3.63, 3.8) is 0 Å². The van der Waals surface area contributed by atoms with Crippen LogP contribution >= 0.6 is 0 Å². The van der Waals surface area contributed by atoms with E-state index >= 15 is 0 Å². The molecule has 0 amide bonds. The first-order chi connectivity index (χ1) is 4.90. The van der Waals surface area contributed by atoms with E-state index in [-0.39, 0.29) is 0 Å². The smallest absolute Gasteiger partial charge is 0.0742 e. The molecule has 2 rings (SSSR count). The minimum absolute atomic E-state index is 0.568. The molecular formula is C8H15NO. The van der Waals surface area contributed by atoms with Gasteiger partial charge in [0, 0.05) is 25.6 Å². The molecule has 0 aromatic rings. The van der Waals surface area contributed by atoms with E-state index in [2.05, 4.69) is 11.8 Å². The lowest BCUT2D eigenvalue weighted by Crippen LogP contribution is -2.29. The Morgan fingerprint density at radius 1 is 1.50 bits per heavy atom. The zero-order chi connectivity index (χ0) is 6.97. The first kappa shape index (κ1) is 6.62. The summed E-state index contributed by atoms with van der Waals surface area (Å²) in [5, 5.41) is 0. The van der Waals surface area contributed by atoms with Crippen LogP contribution in [0.1, 0.15) is 13.3 Å². The number of rotatable bonds is 2. The Bertz CT molecular complexity index is 126. The lowest BCUT2D eigenvalue weighted by Gasteiger charge is -2.21. The number of hydrogen-bond acceptors (Lipinski definition) is 2. The molecule has 0 N–H and O–H groups in total. The lowest BCUT2D eigenvalue weighted by atomic mass is 10.0.